The van der Waals surface area contributed by atoms with Crippen LogP contribution in [0.1, 0.15) is 6.92 Å². The molecule has 1 amide bonds. The van der Waals surface area contributed by atoms with E-state index in [1.807, 2.05) is 37.3 Å². The number of rotatable bonds is 8. The molecule has 0 saturated heterocycles. The zero-order valence-corrected chi connectivity index (χ0v) is 16.1. The van der Waals surface area contributed by atoms with Crippen molar-refractivity contribution in [3.8, 4) is 23.0 Å². The molecule has 0 unspecified atom stereocenters. The lowest BCUT2D eigenvalue weighted by molar-refractivity contribution is -0.118. The first-order valence-corrected chi connectivity index (χ1v) is 9.20. The summed E-state index contributed by atoms with van der Waals surface area (Å²) >= 11 is 6.07. The average Bonchev–Trinajstić information content (AvgIpc) is 2.70. The maximum Gasteiger partial charge on any atom is 0.262 e. The Morgan fingerprint density at radius 3 is 2.25 bits per heavy atom. The van der Waals surface area contributed by atoms with Gasteiger partial charge in [-0.25, -0.2) is 0 Å². The van der Waals surface area contributed by atoms with E-state index in [9.17, 15) is 4.79 Å². The van der Waals surface area contributed by atoms with Gasteiger partial charge in [0.25, 0.3) is 5.91 Å². The second-order valence-electron chi connectivity index (χ2n) is 5.80. The minimum atomic E-state index is -0.325. The molecule has 0 fully saturated rings. The van der Waals surface area contributed by atoms with Crippen molar-refractivity contribution in [2.24, 2.45) is 0 Å². The van der Waals surface area contributed by atoms with Crippen molar-refractivity contribution in [1.29, 1.82) is 0 Å². The fraction of sp³-hybridized carbons (Fsp3) is 0.136. The van der Waals surface area contributed by atoms with E-state index in [2.05, 4.69) is 5.32 Å². The number of ether oxygens (including phenoxy) is 3. The normalized spacial score (nSPS) is 10.2. The van der Waals surface area contributed by atoms with Gasteiger partial charge in [0.1, 0.15) is 17.2 Å². The van der Waals surface area contributed by atoms with Crippen molar-refractivity contribution in [3.63, 3.8) is 0 Å². The summed E-state index contributed by atoms with van der Waals surface area (Å²) in [6.45, 7) is 2.36. The summed E-state index contributed by atoms with van der Waals surface area (Å²) in [6.07, 6.45) is 0. The highest BCUT2D eigenvalue weighted by atomic mass is 35.5. The van der Waals surface area contributed by atoms with Gasteiger partial charge in [-0.05, 0) is 61.5 Å². The molecule has 0 aliphatic rings. The number of carbonyl (C=O) groups excluding carboxylic acids is 1. The van der Waals surface area contributed by atoms with Crippen LogP contribution in [-0.4, -0.2) is 19.1 Å². The summed E-state index contributed by atoms with van der Waals surface area (Å²) in [5.74, 6) is 2.15. The topological polar surface area (TPSA) is 56.8 Å². The molecule has 0 bridgehead atoms. The molecule has 5 nitrogen and oxygen atoms in total. The van der Waals surface area contributed by atoms with Crippen LogP contribution in [0.3, 0.4) is 0 Å². The summed E-state index contributed by atoms with van der Waals surface area (Å²) in [6, 6.07) is 21.4. The summed E-state index contributed by atoms with van der Waals surface area (Å²) in [7, 11) is 0. The lowest BCUT2D eigenvalue weighted by Gasteiger charge is -2.13. The molecule has 144 valence electrons. The highest BCUT2D eigenvalue weighted by Gasteiger charge is 2.11. The van der Waals surface area contributed by atoms with Crippen LogP contribution in [0.4, 0.5) is 5.69 Å². The molecule has 0 aliphatic carbocycles. The molecule has 3 aromatic carbocycles. The largest absolute Gasteiger partial charge is 0.494 e. The molecule has 0 radical (unpaired) electrons. The monoisotopic (exact) mass is 397 g/mol. The van der Waals surface area contributed by atoms with E-state index in [4.69, 9.17) is 25.8 Å². The minimum Gasteiger partial charge on any atom is -0.494 e. The van der Waals surface area contributed by atoms with Crippen LogP contribution < -0.4 is 19.5 Å². The van der Waals surface area contributed by atoms with Crippen molar-refractivity contribution in [1.82, 2.24) is 0 Å². The van der Waals surface area contributed by atoms with Crippen LogP contribution in [0.15, 0.2) is 72.8 Å². The number of hydrogen-bond acceptors (Lipinski definition) is 4. The van der Waals surface area contributed by atoms with Crippen LogP contribution in [0, 0.1) is 0 Å². The Morgan fingerprint density at radius 2 is 1.57 bits per heavy atom. The molecule has 0 saturated carbocycles. The van der Waals surface area contributed by atoms with Gasteiger partial charge in [-0.1, -0.05) is 29.8 Å². The SMILES string of the molecule is CCOc1ccc(OCC(=O)Nc2cc(Cl)ccc2Oc2ccccc2)cc1. The van der Waals surface area contributed by atoms with Crippen LogP contribution in [0.2, 0.25) is 5.02 Å². The second-order valence-corrected chi connectivity index (χ2v) is 6.23. The Labute approximate surface area is 168 Å². The Kier molecular flexibility index (Phi) is 6.76. The van der Waals surface area contributed by atoms with Gasteiger partial charge in [-0.3, -0.25) is 4.79 Å². The second kappa shape index (κ2) is 9.67. The van der Waals surface area contributed by atoms with Gasteiger partial charge >= 0.3 is 0 Å². The fourth-order valence-corrected chi connectivity index (χ4v) is 2.61. The molecule has 0 aromatic heterocycles. The summed E-state index contributed by atoms with van der Waals surface area (Å²) in [4.78, 5) is 12.3. The van der Waals surface area contributed by atoms with E-state index in [0.717, 1.165) is 5.75 Å². The first kappa shape index (κ1) is 19.6. The van der Waals surface area contributed by atoms with E-state index >= 15 is 0 Å². The highest BCUT2D eigenvalue weighted by molar-refractivity contribution is 6.31. The number of nitrogens with one attached hydrogen (secondary N) is 1. The number of benzene rings is 3. The maximum absolute atomic E-state index is 12.3. The molecule has 0 atom stereocenters. The Bertz CT molecular complexity index is 914. The predicted octanol–water partition coefficient (Wildman–Crippen LogP) is 5.55. The number of carbonyl (C=O) groups is 1. The Morgan fingerprint density at radius 1 is 0.893 bits per heavy atom. The van der Waals surface area contributed by atoms with E-state index < -0.39 is 0 Å². The van der Waals surface area contributed by atoms with Gasteiger partial charge < -0.3 is 19.5 Å². The molecule has 0 heterocycles. The highest BCUT2D eigenvalue weighted by Crippen LogP contribution is 2.32. The van der Waals surface area contributed by atoms with Crippen molar-refractivity contribution in [2.45, 2.75) is 6.92 Å². The van der Waals surface area contributed by atoms with Crippen LogP contribution >= 0.6 is 11.6 Å². The number of anilines is 1. The summed E-state index contributed by atoms with van der Waals surface area (Å²) in [5.41, 5.74) is 0.469. The van der Waals surface area contributed by atoms with Crippen molar-refractivity contribution < 1.29 is 19.0 Å². The summed E-state index contributed by atoms with van der Waals surface area (Å²) in [5, 5.41) is 3.26. The third kappa shape index (κ3) is 5.66. The van der Waals surface area contributed by atoms with Gasteiger partial charge in [0.15, 0.2) is 12.4 Å². The molecular weight excluding hydrogens is 378 g/mol. The number of para-hydroxylation sites is 1. The molecule has 1 N–H and O–H groups in total. The zero-order chi connectivity index (χ0) is 19.8. The van der Waals surface area contributed by atoms with Gasteiger partial charge in [0.2, 0.25) is 0 Å². The minimum absolute atomic E-state index is 0.148. The van der Waals surface area contributed by atoms with Crippen LogP contribution in [0.5, 0.6) is 23.0 Å². The van der Waals surface area contributed by atoms with E-state index in [-0.39, 0.29) is 12.5 Å². The molecule has 6 heteroatoms. The van der Waals surface area contributed by atoms with E-state index in [1.165, 1.54) is 0 Å². The van der Waals surface area contributed by atoms with Crippen molar-refractivity contribution in [3.05, 3.63) is 77.8 Å². The quantitative estimate of drug-likeness (QED) is 0.541. The zero-order valence-electron chi connectivity index (χ0n) is 15.4. The first-order valence-electron chi connectivity index (χ1n) is 8.82. The lowest BCUT2D eigenvalue weighted by atomic mass is 10.2. The summed E-state index contributed by atoms with van der Waals surface area (Å²) < 4.78 is 16.7. The lowest BCUT2D eigenvalue weighted by Crippen LogP contribution is -2.20. The van der Waals surface area contributed by atoms with Crippen molar-refractivity contribution in [2.75, 3.05) is 18.5 Å². The standard InChI is InChI=1S/C22H20ClNO4/c1-2-26-17-9-11-18(12-10-17)27-15-22(25)24-20-14-16(23)8-13-21(20)28-19-6-4-3-5-7-19/h3-14H,2,15H2,1H3,(H,24,25). The molecule has 28 heavy (non-hydrogen) atoms. The number of amides is 1. The Balaban J connectivity index is 1.62. The van der Waals surface area contributed by atoms with Crippen molar-refractivity contribution >= 4 is 23.2 Å². The van der Waals surface area contributed by atoms with Gasteiger partial charge in [0.05, 0.1) is 12.3 Å². The first-order chi connectivity index (χ1) is 13.6. The van der Waals surface area contributed by atoms with Gasteiger partial charge in [0, 0.05) is 5.02 Å². The third-order valence-corrected chi connectivity index (χ3v) is 3.93. The molecular formula is C22H20ClNO4. The van der Waals surface area contributed by atoms with E-state index in [0.29, 0.717) is 34.6 Å². The van der Waals surface area contributed by atoms with Gasteiger partial charge in [-0.15, -0.1) is 0 Å². The Hall–Kier alpha value is -3.18. The van der Waals surface area contributed by atoms with Crippen LogP contribution in [0.25, 0.3) is 0 Å². The molecule has 3 rings (SSSR count). The fourth-order valence-electron chi connectivity index (χ4n) is 2.44. The molecule has 0 aliphatic heterocycles. The van der Waals surface area contributed by atoms with Gasteiger partial charge in [-0.2, -0.15) is 0 Å². The molecule has 0 spiro atoms. The number of hydrogen-bond donors (Lipinski definition) is 1. The average molecular weight is 398 g/mol. The smallest absolute Gasteiger partial charge is 0.262 e. The van der Waals surface area contributed by atoms with E-state index in [1.54, 1.807) is 42.5 Å². The number of halogens is 1. The third-order valence-electron chi connectivity index (χ3n) is 3.69. The maximum atomic E-state index is 12.3. The predicted molar refractivity (Wildman–Crippen MR) is 110 cm³/mol. The molecule has 3 aromatic rings. The van der Waals surface area contributed by atoms with Crippen LogP contribution in [-0.2, 0) is 4.79 Å².